The van der Waals surface area contributed by atoms with Crippen LogP contribution in [0.15, 0.2) is 0 Å². The zero-order valence-electron chi connectivity index (χ0n) is 7.30. The minimum atomic E-state index is -0.580. The Labute approximate surface area is 71.2 Å². The van der Waals surface area contributed by atoms with Crippen molar-refractivity contribution in [3.05, 3.63) is 0 Å². The smallest absolute Gasteiger partial charge is 0.0388 e. The SMILES string of the molecule is CCC1CS(=O)CC(C)CN1. The lowest BCUT2D eigenvalue weighted by atomic mass is 10.2. The predicted octanol–water partition coefficient (Wildman–Crippen LogP) is 0.753. The Balaban J connectivity index is 2.46. The summed E-state index contributed by atoms with van der Waals surface area (Å²) in [5, 5.41) is 3.42. The van der Waals surface area contributed by atoms with Crippen molar-refractivity contribution in [1.29, 1.82) is 0 Å². The van der Waals surface area contributed by atoms with Crippen molar-refractivity contribution < 1.29 is 4.21 Å². The van der Waals surface area contributed by atoms with Crippen LogP contribution in [-0.2, 0) is 10.8 Å². The number of rotatable bonds is 1. The van der Waals surface area contributed by atoms with E-state index >= 15 is 0 Å². The molecule has 0 aliphatic carbocycles. The van der Waals surface area contributed by atoms with Gasteiger partial charge in [-0.1, -0.05) is 13.8 Å². The third-order valence-corrected chi connectivity index (χ3v) is 3.82. The van der Waals surface area contributed by atoms with Crippen LogP contribution in [0.5, 0.6) is 0 Å². The maximum absolute atomic E-state index is 11.3. The molecular weight excluding hydrogens is 158 g/mol. The third kappa shape index (κ3) is 2.91. The van der Waals surface area contributed by atoms with Crippen LogP contribution in [-0.4, -0.2) is 28.3 Å². The number of hydrogen-bond acceptors (Lipinski definition) is 2. The van der Waals surface area contributed by atoms with E-state index in [-0.39, 0.29) is 0 Å². The Bertz CT molecular complexity index is 149. The molecule has 0 aromatic rings. The first-order chi connectivity index (χ1) is 5.22. The Morgan fingerprint density at radius 1 is 1.55 bits per heavy atom. The average Bonchev–Trinajstić information content (AvgIpc) is 2.11. The van der Waals surface area contributed by atoms with Crippen molar-refractivity contribution in [2.45, 2.75) is 26.3 Å². The van der Waals surface area contributed by atoms with Crippen molar-refractivity contribution in [2.75, 3.05) is 18.1 Å². The van der Waals surface area contributed by atoms with Crippen LogP contribution in [0, 0.1) is 5.92 Å². The molecule has 1 rings (SSSR count). The van der Waals surface area contributed by atoms with E-state index in [1.807, 2.05) is 0 Å². The van der Waals surface area contributed by atoms with Crippen LogP contribution in [0.2, 0.25) is 0 Å². The summed E-state index contributed by atoms with van der Waals surface area (Å²) in [6, 6.07) is 0.487. The van der Waals surface area contributed by atoms with Gasteiger partial charge in [-0.05, 0) is 18.9 Å². The fraction of sp³-hybridized carbons (Fsp3) is 1.00. The second-order valence-electron chi connectivity index (χ2n) is 3.39. The fourth-order valence-corrected chi connectivity index (χ4v) is 3.05. The van der Waals surface area contributed by atoms with Crippen molar-refractivity contribution in [3.8, 4) is 0 Å². The highest BCUT2D eigenvalue weighted by molar-refractivity contribution is 7.85. The van der Waals surface area contributed by atoms with Gasteiger partial charge in [-0.15, -0.1) is 0 Å². The lowest BCUT2D eigenvalue weighted by molar-refractivity contribution is 0.495. The lowest BCUT2D eigenvalue weighted by Crippen LogP contribution is -2.32. The van der Waals surface area contributed by atoms with Crippen LogP contribution in [0.3, 0.4) is 0 Å². The Morgan fingerprint density at radius 3 is 2.91 bits per heavy atom. The van der Waals surface area contributed by atoms with Gasteiger partial charge in [-0.25, -0.2) is 0 Å². The Kier molecular flexibility index (Phi) is 3.52. The van der Waals surface area contributed by atoms with Gasteiger partial charge < -0.3 is 5.32 Å². The summed E-state index contributed by atoms with van der Waals surface area (Å²) >= 11 is 0. The summed E-state index contributed by atoms with van der Waals surface area (Å²) in [6.45, 7) is 5.33. The van der Waals surface area contributed by atoms with E-state index in [4.69, 9.17) is 0 Å². The molecule has 0 aromatic carbocycles. The zero-order chi connectivity index (χ0) is 8.27. The monoisotopic (exact) mass is 175 g/mol. The third-order valence-electron chi connectivity index (χ3n) is 2.11. The molecule has 1 fully saturated rings. The molecule has 1 heterocycles. The van der Waals surface area contributed by atoms with Crippen LogP contribution in [0.4, 0.5) is 0 Å². The lowest BCUT2D eigenvalue weighted by Gasteiger charge is -2.11. The normalized spacial score (nSPS) is 40.0. The molecule has 0 aromatic heterocycles. The van der Waals surface area contributed by atoms with E-state index in [2.05, 4.69) is 19.2 Å². The van der Waals surface area contributed by atoms with Crippen LogP contribution in [0.25, 0.3) is 0 Å². The fourth-order valence-electron chi connectivity index (χ4n) is 1.36. The molecule has 1 saturated heterocycles. The van der Waals surface area contributed by atoms with Gasteiger partial charge in [-0.2, -0.15) is 0 Å². The van der Waals surface area contributed by atoms with Crippen molar-refractivity contribution in [1.82, 2.24) is 5.32 Å². The van der Waals surface area contributed by atoms with Gasteiger partial charge in [0, 0.05) is 28.3 Å². The maximum atomic E-state index is 11.3. The summed E-state index contributed by atoms with van der Waals surface area (Å²) in [5.74, 6) is 2.30. The van der Waals surface area contributed by atoms with Crippen LogP contribution >= 0.6 is 0 Å². The molecule has 0 bridgehead atoms. The van der Waals surface area contributed by atoms with Crippen molar-refractivity contribution in [2.24, 2.45) is 5.92 Å². The largest absolute Gasteiger partial charge is 0.313 e. The molecule has 1 aliphatic rings. The summed E-state index contributed by atoms with van der Waals surface area (Å²) in [7, 11) is -0.580. The summed E-state index contributed by atoms with van der Waals surface area (Å²) in [4.78, 5) is 0. The summed E-state index contributed by atoms with van der Waals surface area (Å²) in [6.07, 6.45) is 1.10. The van der Waals surface area contributed by atoms with Gasteiger partial charge >= 0.3 is 0 Å². The zero-order valence-corrected chi connectivity index (χ0v) is 8.12. The first-order valence-corrected chi connectivity index (χ1v) is 5.79. The molecule has 2 nitrogen and oxygen atoms in total. The Hall–Kier alpha value is 0.110. The van der Waals surface area contributed by atoms with Gasteiger partial charge in [-0.3, -0.25) is 4.21 Å². The number of nitrogens with one attached hydrogen (secondary N) is 1. The predicted molar refractivity (Wildman–Crippen MR) is 49.1 cm³/mol. The molecule has 1 aliphatic heterocycles. The second-order valence-corrected chi connectivity index (χ2v) is 4.94. The average molecular weight is 175 g/mol. The van der Waals surface area contributed by atoms with E-state index in [0.717, 1.165) is 24.5 Å². The Morgan fingerprint density at radius 2 is 2.27 bits per heavy atom. The van der Waals surface area contributed by atoms with E-state index in [1.165, 1.54) is 0 Å². The topological polar surface area (TPSA) is 29.1 Å². The molecule has 1 N–H and O–H groups in total. The molecule has 0 amide bonds. The highest BCUT2D eigenvalue weighted by Gasteiger charge is 2.18. The van der Waals surface area contributed by atoms with E-state index in [1.54, 1.807) is 0 Å². The van der Waals surface area contributed by atoms with Gasteiger partial charge in [0.05, 0.1) is 0 Å². The van der Waals surface area contributed by atoms with Gasteiger partial charge in [0.1, 0.15) is 0 Å². The molecule has 3 heteroatoms. The van der Waals surface area contributed by atoms with Crippen molar-refractivity contribution >= 4 is 10.8 Å². The van der Waals surface area contributed by atoms with Gasteiger partial charge in [0.25, 0.3) is 0 Å². The maximum Gasteiger partial charge on any atom is 0.0388 e. The highest BCUT2D eigenvalue weighted by Crippen LogP contribution is 2.06. The standard InChI is InChI=1S/C8H17NOS/c1-3-8-6-11(10)5-7(2)4-9-8/h7-9H,3-6H2,1-2H3. The highest BCUT2D eigenvalue weighted by atomic mass is 32.2. The van der Waals surface area contributed by atoms with Crippen LogP contribution < -0.4 is 5.32 Å². The molecule has 0 saturated carbocycles. The summed E-state index contributed by atoms with van der Waals surface area (Å²) in [5.41, 5.74) is 0. The molecular formula is C8H17NOS. The molecule has 11 heavy (non-hydrogen) atoms. The second kappa shape index (κ2) is 4.21. The summed E-state index contributed by atoms with van der Waals surface area (Å²) < 4.78 is 11.3. The minimum absolute atomic E-state index is 0.487. The van der Waals surface area contributed by atoms with Gasteiger partial charge in [0.15, 0.2) is 0 Å². The van der Waals surface area contributed by atoms with E-state index < -0.39 is 10.8 Å². The molecule has 0 spiro atoms. The minimum Gasteiger partial charge on any atom is -0.313 e. The first kappa shape index (κ1) is 9.20. The quantitative estimate of drug-likeness (QED) is 0.637. The molecule has 66 valence electrons. The van der Waals surface area contributed by atoms with Gasteiger partial charge in [0.2, 0.25) is 0 Å². The van der Waals surface area contributed by atoms with Crippen LogP contribution in [0.1, 0.15) is 20.3 Å². The molecule has 3 atom stereocenters. The molecule has 3 unspecified atom stereocenters. The molecule has 0 radical (unpaired) electrons. The van der Waals surface area contributed by atoms with E-state index in [9.17, 15) is 4.21 Å². The number of hydrogen-bond donors (Lipinski definition) is 1. The van der Waals surface area contributed by atoms with Crippen molar-refractivity contribution in [3.63, 3.8) is 0 Å². The first-order valence-electron chi connectivity index (χ1n) is 4.30. The van der Waals surface area contributed by atoms with E-state index in [0.29, 0.717) is 12.0 Å².